The first-order valence-electron chi connectivity index (χ1n) is 22.1. The van der Waals surface area contributed by atoms with Gasteiger partial charge in [-0.15, -0.1) is 0 Å². The zero-order valence-electron chi connectivity index (χ0n) is 37.9. The molecule has 71 heavy (non-hydrogen) atoms. The Bertz CT molecular complexity index is 2740. The molecule has 2 fully saturated rings. The normalized spacial score (nSPS) is 21.8. The Morgan fingerprint density at radius 3 is 2.28 bits per heavy atom. The molecule has 8 atom stereocenters. The summed E-state index contributed by atoms with van der Waals surface area (Å²) >= 11 is 0.518. The second-order valence-electron chi connectivity index (χ2n) is 15.7. The number of phosphoric acid groups is 1. The Kier molecular flexibility index (Phi) is 19.4. The van der Waals surface area contributed by atoms with Crippen molar-refractivity contribution < 1.29 is 74.8 Å². The molecule has 0 saturated carbocycles. The average Bonchev–Trinajstić information content (AvgIpc) is 4.08. The molecule has 2 aromatic carbocycles. The number of alkyl halides is 1. The number of ether oxygens (including phenoxy) is 7. The minimum atomic E-state index is -5.12. The number of carbonyl (C=O) groups excluding carboxylic acids is 1. The van der Waals surface area contributed by atoms with Crippen LogP contribution in [0, 0.1) is 0 Å². The highest BCUT2D eigenvalue weighted by molar-refractivity contribution is 8.54. The number of H-pyrrole nitrogens is 1. The van der Waals surface area contributed by atoms with Crippen LogP contribution in [0.3, 0.4) is 0 Å². The molecule has 0 aliphatic carbocycles. The Hall–Kier alpha value is -4.96. The third kappa shape index (κ3) is 15.5. The Morgan fingerprint density at radius 1 is 0.859 bits per heavy atom. The van der Waals surface area contributed by atoms with E-state index in [4.69, 9.17) is 58.2 Å². The molecule has 5 aromatic rings. The van der Waals surface area contributed by atoms with Crippen molar-refractivity contribution in [3.05, 3.63) is 105 Å². The summed E-state index contributed by atoms with van der Waals surface area (Å²) < 4.78 is 100. The highest BCUT2D eigenvalue weighted by Crippen LogP contribution is 2.58. The maximum Gasteiger partial charge on any atom is 0.472 e. The number of nitrogen functional groups attached to an aromatic ring is 1. The number of carbonyl (C=O) groups is 1. The van der Waals surface area contributed by atoms with Gasteiger partial charge in [0.1, 0.15) is 48.4 Å². The molecule has 386 valence electrons. The summed E-state index contributed by atoms with van der Waals surface area (Å²) in [6, 6.07) is 13.7. The van der Waals surface area contributed by atoms with Crippen LogP contribution in [0.2, 0.25) is 0 Å². The fourth-order valence-corrected chi connectivity index (χ4v) is 10.3. The summed E-state index contributed by atoms with van der Waals surface area (Å²) in [6.45, 7) is -2.22. The van der Waals surface area contributed by atoms with Gasteiger partial charge in [-0.2, -0.15) is 0 Å². The van der Waals surface area contributed by atoms with Gasteiger partial charge in [-0.05, 0) is 79.2 Å². The number of nitrogens with zero attached hydrogens (tertiary/aromatic N) is 5. The number of halogens is 1. The van der Waals surface area contributed by atoms with Crippen LogP contribution < -0.4 is 32.2 Å². The zero-order chi connectivity index (χ0) is 50.4. The number of hydrogen-bond donors (Lipinski definition) is 5. The molecule has 0 radical (unpaired) electrons. The number of benzene rings is 2. The van der Waals surface area contributed by atoms with Gasteiger partial charge in [0.2, 0.25) is 0 Å². The van der Waals surface area contributed by atoms with Crippen molar-refractivity contribution in [2.24, 2.45) is 5.73 Å². The molecule has 5 heterocycles. The zero-order valence-corrected chi connectivity index (χ0v) is 40.5. The summed E-state index contributed by atoms with van der Waals surface area (Å²) in [7, 11) is -5.12. The van der Waals surface area contributed by atoms with E-state index in [1.165, 1.54) is 24.7 Å². The lowest BCUT2D eigenvalue weighted by molar-refractivity contribution is -0.0464. The van der Waals surface area contributed by atoms with E-state index in [9.17, 15) is 33.3 Å². The fraction of sp³-hybridized carbons (Fsp3) is 0.476. The van der Waals surface area contributed by atoms with Crippen LogP contribution in [-0.2, 0) is 52.1 Å². The van der Waals surface area contributed by atoms with Crippen LogP contribution in [0.25, 0.3) is 11.2 Å². The highest BCUT2D eigenvalue weighted by atomic mass is 32.7. The van der Waals surface area contributed by atoms with Crippen LogP contribution in [0.15, 0.2) is 83.0 Å². The topological polar surface area (TPSA) is 334 Å². The SMILES string of the molecule is NCCCOCCOCCOCCOc1ccc(C(=O)Oc2ccc(CSP(=O)(O)OC[C@H]3O[C@@H](n4cnc5c(N)ncnc54)[C@H](F)[C@@H]3OP(=O)(O)OC[C@@H]3CC[C@H](n4ccc(=O)[nH]c4=O)O3)cc2)cc1. The van der Waals surface area contributed by atoms with Gasteiger partial charge in [-0.3, -0.25) is 32.5 Å². The standard InChI is InChI=1S/C42H53FN8O17P2S/c43-35-37(68-69(55,56)63-22-31-10-11-34(65-31)50-14-12-33(52)49-42(50)54)32(67-40(35)51-26-48-36-38(45)46-25-47-39(36)51)23-64-70(57,58)71-24-27-2-6-30(7-3-27)66-41(53)28-4-8-29(9-5-28)62-21-20-61-19-18-60-17-16-59-15-1-13-44/h2-9,12,14,25-26,31-32,34-35,37,40H,1,10-11,13,15-24,44H2,(H,55,56)(H,57,58)(H2,45,46,47)(H,49,52,54)/t31-,32+,34+,35+,37+,40+/m0/s1. The summed E-state index contributed by atoms with van der Waals surface area (Å²) in [5.41, 5.74) is 11.0. The third-order valence-electron chi connectivity index (χ3n) is 10.6. The van der Waals surface area contributed by atoms with E-state index in [1.807, 2.05) is 0 Å². The van der Waals surface area contributed by atoms with E-state index in [1.54, 1.807) is 36.4 Å². The number of imidazole rings is 1. The molecular formula is C42H53FN8O17P2S. The van der Waals surface area contributed by atoms with E-state index in [-0.39, 0.29) is 47.1 Å². The number of nitrogens with two attached hydrogens (primary N) is 2. The van der Waals surface area contributed by atoms with Crippen molar-refractivity contribution in [2.45, 2.75) is 62.0 Å². The van der Waals surface area contributed by atoms with E-state index in [0.29, 0.717) is 75.3 Å². The molecule has 7 N–H and O–H groups in total. The van der Waals surface area contributed by atoms with Crippen LogP contribution in [0.5, 0.6) is 11.5 Å². The van der Waals surface area contributed by atoms with Crippen molar-refractivity contribution >= 4 is 49.0 Å². The van der Waals surface area contributed by atoms with Crippen LogP contribution in [0.4, 0.5) is 10.2 Å². The molecule has 0 amide bonds. The van der Waals surface area contributed by atoms with Gasteiger partial charge < -0.3 is 54.4 Å². The molecule has 2 saturated heterocycles. The Labute approximate surface area is 408 Å². The molecule has 25 nitrogen and oxygen atoms in total. The number of hydrogen-bond acceptors (Lipinski definition) is 21. The smallest absolute Gasteiger partial charge is 0.472 e. The Balaban J connectivity index is 0.875. The quantitative estimate of drug-likeness (QED) is 0.0207. The van der Waals surface area contributed by atoms with Gasteiger partial charge >= 0.3 is 26.3 Å². The van der Waals surface area contributed by atoms with Gasteiger partial charge in [0.25, 0.3) is 5.56 Å². The first-order valence-corrected chi connectivity index (χ1v) is 26.8. The van der Waals surface area contributed by atoms with Crippen molar-refractivity contribution in [1.29, 1.82) is 0 Å². The van der Waals surface area contributed by atoms with Crippen molar-refractivity contribution in [1.82, 2.24) is 29.1 Å². The number of nitrogens with one attached hydrogen (secondary N) is 1. The highest BCUT2D eigenvalue weighted by Gasteiger charge is 2.51. The molecule has 0 spiro atoms. The van der Waals surface area contributed by atoms with Gasteiger partial charge in [0.15, 0.2) is 23.9 Å². The lowest BCUT2D eigenvalue weighted by Crippen LogP contribution is -2.34. The monoisotopic (exact) mass is 1050 g/mol. The minimum absolute atomic E-state index is 0.0132. The van der Waals surface area contributed by atoms with E-state index < -0.39 is 82.0 Å². The maximum atomic E-state index is 16.4. The fourth-order valence-electron chi connectivity index (χ4n) is 7.08. The molecule has 29 heteroatoms. The molecule has 7 rings (SSSR count). The molecule has 2 aliphatic rings. The molecule has 3 aromatic heterocycles. The minimum Gasteiger partial charge on any atom is -0.491 e. The van der Waals surface area contributed by atoms with Crippen molar-refractivity contribution in [2.75, 3.05) is 71.7 Å². The van der Waals surface area contributed by atoms with E-state index in [2.05, 4.69) is 19.9 Å². The molecular weight excluding hydrogens is 1000 g/mol. The molecule has 0 bridgehead atoms. The third-order valence-corrected chi connectivity index (χ3v) is 14.5. The molecule has 2 unspecified atom stereocenters. The second kappa shape index (κ2) is 25.6. The lowest BCUT2D eigenvalue weighted by Gasteiger charge is -2.23. The van der Waals surface area contributed by atoms with Gasteiger partial charge in [0, 0.05) is 24.6 Å². The van der Waals surface area contributed by atoms with Crippen molar-refractivity contribution in [3.8, 4) is 11.5 Å². The van der Waals surface area contributed by atoms with Gasteiger partial charge in [0.05, 0.1) is 64.2 Å². The summed E-state index contributed by atoms with van der Waals surface area (Å²) in [5, 5.41) is 0. The average molecular weight is 1050 g/mol. The number of phosphoric ester groups is 1. The van der Waals surface area contributed by atoms with Crippen LogP contribution in [0.1, 0.15) is 47.6 Å². The van der Waals surface area contributed by atoms with Gasteiger partial charge in [-0.25, -0.2) is 38.1 Å². The van der Waals surface area contributed by atoms with E-state index in [0.717, 1.165) is 27.9 Å². The Morgan fingerprint density at radius 2 is 1.56 bits per heavy atom. The van der Waals surface area contributed by atoms with Crippen LogP contribution in [-0.4, -0.2) is 135 Å². The number of esters is 1. The first kappa shape index (κ1) is 53.8. The number of rotatable bonds is 28. The second-order valence-corrected chi connectivity index (χ2v) is 21.0. The predicted molar refractivity (Wildman–Crippen MR) is 250 cm³/mol. The summed E-state index contributed by atoms with van der Waals surface area (Å²) in [6.07, 6.45) is -4.01. The molecule has 2 aliphatic heterocycles. The lowest BCUT2D eigenvalue weighted by atomic mass is 10.1. The van der Waals surface area contributed by atoms with E-state index >= 15 is 4.39 Å². The number of aromatic nitrogens is 6. The van der Waals surface area contributed by atoms with Crippen molar-refractivity contribution in [3.63, 3.8) is 0 Å². The largest absolute Gasteiger partial charge is 0.491 e. The summed E-state index contributed by atoms with van der Waals surface area (Å²) in [5.74, 6) is 0.0366. The van der Waals surface area contributed by atoms with Gasteiger partial charge in [-0.1, -0.05) is 12.1 Å². The number of anilines is 1. The first-order chi connectivity index (χ1) is 34.2. The number of aromatic amines is 1. The van der Waals surface area contributed by atoms with Crippen LogP contribution >= 0.6 is 26.0 Å². The summed E-state index contributed by atoms with van der Waals surface area (Å²) in [4.78, 5) is 72.4. The maximum absolute atomic E-state index is 16.4. The number of fused-ring (bicyclic) bond motifs is 1. The predicted octanol–water partition coefficient (Wildman–Crippen LogP) is 3.42.